The van der Waals surface area contributed by atoms with Gasteiger partial charge >= 0.3 is 0 Å². The minimum atomic E-state index is 0.323. The van der Waals surface area contributed by atoms with Crippen LogP contribution in [0.15, 0.2) is 59.9 Å². The van der Waals surface area contributed by atoms with Crippen molar-refractivity contribution in [3.63, 3.8) is 0 Å². The maximum Gasteiger partial charge on any atom is 0.280 e. The predicted octanol–water partition coefficient (Wildman–Crippen LogP) is 2.97. The van der Waals surface area contributed by atoms with E-state index in [9.17, 15) is 5.21 Å². The number of nitrogens with zero attached hydrogens (tertiary/aromatic N) is 4. The van der Waals surface area contributed by atoms with Crippen LogP contribution in [0.4, 0.5) is 0 Å². The minimum Gasteiger partial charge on any atom is -0.598 e. The van der Waals surface area contributed by atoms with Gasteiger partial charge in [0.05, 0.1) is 17.4 Å². The van der Waals surface area contributed by atoms with Gasteiger partial charge in [0, 0.05) is 0 Å². The lowest BCUT2D eigenvalue weighted by Crippen LogP contribution is -2.01. The Kier molecular flexibility index (Phi) is 3.51. The summed E-state index contributed by atoms with van der Waals surface area (Å²) in [5.74, 6) is 0.323. The van der Waals surface area contributed by atoms with E-state index in [1.165, 1.54) is 7.05 Å². The first-order valence-electron chi connectivity index (χ1n) is 6.52. The van der Waals surface area contributed by atoms with Gasteiger partial charge in [-0.15, -0.1) is 5.10 Å². The van der Waals surface area contributed by atoms with E-state index < -0.39 is 0 Å². The van der Waals surface area contributed by atoms with Crippen LogP contribution in [0.5, 0.6) is 5.88 Å². The Morgan fingerprint density at radius 1 is 1.14 bits per heavy atom. The molecule has 0 N–H and O–H groups in total. The van der Waals surface area contributed by atoms with Gasteiger partial charge in [0.2, 0.25) is 5.28 Å². The number of para-hydroxylation sites is 1. The first-order chi connectivity index (χ1) is 10.2. The van der Waals surface area contributed by atoms with Crippen LogP contribution in [-0.2, 0) is 6.54 Å². The summed E-state index contributed by atoms with van der Waals surface area (Å²) in [5.41, 5.74) is 2.07. The van der Waals surface area contributed by atoms with Gasteiger partial charge in [-0.05, 0) is 17.7 Å². The molecule has 0 aliphatic heterocycles. The average Bonchev–Trinajstić information content (AvgIpc) is 2.85. The zero-order valence-electron chi connectivity index (χ0n) is 11.5. The van der Waals surface area contributed by atoms with Crippen molar-refractivity contribution < 1.29 is 9.70 Å². The molecule has 0 bridgehead atoms. The Bertz CT molecular complexity index is 777. The van der Waals surface area contributed by atoms with Crippen molar-refractivity contribution in [2.75, 3.05) is 7.05 Å². The van der Waals surface area contributed by atoms with Gasteiger partial charge in [-0.3, -0.25) is 9.52 Å². The van der Waals surface area contributed by atoms with Crippen molar-refractivity contribution in [3.8, 4) is 5.88 Å². The number of hydrogen-bond donors (Lipinski definition) is 0. The Morgan fingerprint density at radius 3 is 2.62 bits per heavy atom. The van der Waals surface area contributed by atoms with E-state index >= 15 is 0 Å². The van der Waals surface area contributed by atoms with Crippen molar-refractivity contribution in [3.05, 3.63) is 65.4 Å². The summed E-state index contributed by atoms with van der Waals surface area (Å²) in [6.45, 7) is 0.623. The van der Waals surface area contributed by atoms with E-state index in [2.05, 4.69) is 10.4 Å². The van der Waals surface area contributed by atoms with Crippen molar-refractivity contribution in [1.29, 1.82) is 0 Å². The molecule has 0 fully saturated rings. The zero-order chi connectivity index (χ0) is 14.7. The molecule has 0 saturated carbocycles. The maximum absolute atomic E-state index is 10.8. The summed E-state index contributed by atoms with van der Waals surface area (Å²) in [6, 6.07) is 17.7. The number of hydroxylamine groups is 1. The third-order valence-electron chi connectivity index (χ3n) is 3.04. The molecule has 0 spiro atoms. The molecule has 2 aromatic carbocycles. The highest BCUT2D eigenvalue weighted by molar-refractivity contribution is 5.84. The van der Waals surface area contributed by atoms with Crippen LogP contribution in [0, 0.1) is 5.21 Å². The smallest absolute Gasteiger partial charge is 0.280 e. The Morgan fingerprint density at radius 2 is 1.86 bits per heavy atom. The van der Waals surface area contributed by atoms with Crippen molar-refractivity contribution in [2.45, 2.75) is 6.54 Å². The first kappa shape index (κ1) is 13.1. The highest BCUT2D eigenvalue weighted by Crippen LogP contribution is 2.25. The van der Waals surface area contributed by atoms with Gasteiger partial charge in [0.15, 0.2) is 7.05 Å². The number of aromatic nitrogens is 2. The molecule has 6 nitrogen and oxygen atoms in total. The fourth-order valence-electron chi connectivity index (χ4n) is 2.14. The number of rotatable bonds is 4. The maximum atomic E-state index is 10.8. The van der Waals surface area contributed by atoms with Gasteiger partial charge in [-0.2, -0.15) is 0 Å². The van der Waals surface area contributed by atoms with Crippen LogP contribution < -0.4 is 4.84 Å². The summed E-state index contributed by atoms with van der Waals surface area (Å²) in [4.78, 5) is 5.46. The molecule has 3 aromatic rings. The minimum absolute atomic E-state index is 0.323. The molecule has 3 rings (SSSR count). The second kappa shape index (κ2) is 5.62. The van der Waals surface area contributed by atoms with Crippen LogP contribution in [0.25, 0.3) is 10.9 Å². The molecule has 0 unspecified atom stereocenters. The van der Waals surface area contributed by atoms with E-state index in [1.54, 1.807) is 0 Å². The normalized spacial score (nSPS) is 11.8. The van der Waals surface area contributed by atoms with Crippen LogP contribution in [0.2, 0.25) is 0 Å². The van der Waals surface area contributed by atoms with Gasteiger partial charge in [0.1, 0.15) is 0 Å². The molecule has 1 heterocycles. The molecule has 0 aliphatic rings. The lowest BCUT2D eigenvalue weighted by molar-refractivity contribution is -0.522. The number of hydrogen-bond acceptors (Lipinski definition) is 4. The second-order valence-corrected chi connectivity index (χ2v) is 4.60. The quantitative estimate of drug-likeness (QED) is 0.420. The highest BCUT2D eigenvalue weighted by Gasteiger charge is 2.12. The standard InChI is InChI=1S/C15H14N4O2/c1-18(20)17-21-15-13-9-5-6-10-14(13)19(16-15)11-12-7-3-2-4-8-12/h2-10H,11H2,1H3. The molecule has 0 amide bonds. The molecule has 1 aromatic heterocycles. The topological polar surface area (TPSA) is 65.5 Å². The fraction of sp³-hybridized carbons (Fsp3) is 0.133. The SMILES string of the molecule is C[N+]([O-])=NOc1nn(Cc2ccccc2)c2ccccc12. The monoisotopic (exact) mass is 282 g/mol. The van der Waals surface area contributed by atoms with Gasteiger partial charge in [0.25, 0.3) is 5.88 Å². The molecule has 0 saturated heterocycles. The Balaban J connectivity index is 2.01. The van der Waals surface area contributed by atoms with E-state index in [1.807, 2.05) is 59.3 Å². The highest BCUT2D eigenvalue weighted by atomic mass is 16.7. The Labute approximate surface area is 121 Å². The first-order valence-corrected chi connectivity index (χ1v) is 6.52. The summed E-state index contributed by atoms with van der Waals surface area (Å²) in [7, 11) is 1.25. The second-order valence-electron chi connectivity index (χ2n) is 4.60. The summed E-state index contributed by atoms with van der Waals surface area (Å²) in [6.07, 6.45) is 0. The van der Waals surface area contributed by atoms with Gasteiger partial charge in [-0.25, -0.2) is 0 Å². The molecular weight excluding hydrogens is 268 g/mol. The molecule has 6 heteroatoms. The van der Waals surface area contributed by atoms with Crippen LogP contribution in [-0.4, -0.2) is 21.7 Å². The number of fused-ring (bicyclic) bond motifs is 1. The number of benzene rings is 2. The van der Waals surface area contributed by atoms with Crippen LogP contribution >= 0.6 is 0 Å². The van der Waals surface area contributed by atoms with E-state index in [0.717, 1.165) is 16.5 Å². The fourth-order valence-corrected chi connectivity index (χ4v) is 2.14. The molecule has 0 atom stereocenters. The third kappa shape index (κ3) is 2.84. The summed E-state index contributed by atoms with van der Waals surface area (Å²) < 4.78 is 1.83. The lowest BCUT2D eigenvalue weighted by atomic mass is 10.2. The van der Waals surface area contributed by atoms with Crippen molar-refractivity contribution in [2.24, 2.45) is 5.28 Å². The third-order valence-corrected chi connectivity index (χ3v) is 3.04. The molecule has 0 radical (unpaired) electrons. The Hall–Kier alpha value is -2.89. The molecule has 0 aliphatic carbocycles. The summed E-state index contributed by atoms with van der Waals surface area (Å²) in [5, 5.41) is 19.4. The van der Waals surface area contributed by atoms with E-state index in [-0.39, 0.29) is 0 Å². The van der Waals surface area contributed by atoms with Crippen molar-refractivity contribution in [1.82, 2.24) is 9.78 Å². The van der Waals surface area contributed by atoms with Gasteiger partial charge < -0.3 is 5.21 Å². The van der Waals surface area contributed by atoms with Gasteiger partial charge in [-0.1, -0.05) is 47.3 Å². The van der Waals surface area contributed by atoms with Crippen molar-refractivity contribution >= 4 is 10.9 Å². The zero-order valence-corrected chi connectivity index (χ0v) is 11.5. The largest absolute Gasteiger partial charge is 0.598 e. The molecule has 21 heavy (non-hydrogen) atoms. The van der Waals surface area contributed by atoms with E-state index in [4.69, 9.17) is 4.84 Å². The molecule has 106 valence electrons. The lowest BCUT2D eigenvalue weighted by Gasteiger charge is -2.02. The predicted molar refractivity (Wildman–Crippen MR) is 77.9 cm³/mol. The molecular formula is C15H14N4O2. The van der Waals surface area contributed by atoms with Crippen LogP contribution in [0.1, 0.15) is 5.56 Å². The summed E-state index contributed by atoms with van der Waals surface area (Å²) >= 11 is 0. The average molecular weight is 282 g/mol. The van der Waals surface area contributed by atoms with Crippen LogP contribution in [0.3, 0.4) is 0 Å². The van der Waals surface area contributed by atoms with E-state index in [0.29, 0.717) is 17.3 Å².